The fraction of sp³-hybridized carbons (Fsp3) is 0.909. The summed E-state index contributed by atoms with van der Waals surface area (Å²) >= 11 is 0. The molecular weight excluding hydrogens is 192 g/mol. The molecule has 88 valence electrons. The van der Waals surface area contributed by atoms with Crippen molar-refractivity contribution < 1.29 is 9.53 Å². The largest absolute Gasteiger partial charge is 0.369 e. The first-order valence-electron chi connectivity index (χ1n) is 5.55. The third kappa shape index (κ3) is 3.47. The van der Waals surface area contributed by atoms with Crippen LogP contribution in [-0.2, 0) is 9.53 Å². The highest BCUT2D eigenvalue weighted by atomic mass is 16.5. The normalized spacial score (nSPS) is 27.5. The smallest absolute Gasteiger partial charge is 0.251 e. The molecule has 2 N–H and O–H groups in total. The summed E-state index contributed by atoms with van der Waals surface area (Å²) in [6, 6.07) is 0.803. The summed E-state index contributed by atoms with van der Waals surface area (Å²) in [6.45, 7) is 6.58. The van der Waals surface area contributed by atoms with E-state index < -0.39 is 5.60 Å². The zero-order valence-corrected chi connectivity index (χ0v) is 10.1. The Morgan fingerprint density at radius 1 is 1.47 bits per heavy atom. The van der Waals surface area contributed by atoms with Crippen LogP contribution in [0.25, 0.3) is 0 Å². The Bertz CT molecular complexity index is 221. The van der Waals surface area contributed by atoms with Gasteiger partial charge in [-0.25, -0.2) is 0 Å². The minimum atomic E-state index is -0.733. The summed E-state index contributed by atoms with van der Waals surface area (Å²) in [5, 5.41) is 6.36. The average molecular weight is 214 g/mol. The third-order valence-corrected chi connectivity index (χ3v) is 3.05. The van der Waals surface area contributed by atoms with E-state index in [-0.39, 0.29) is 11.9 Å². The molecule has 1 saturated heterocycles. The Kier molecular flexibility index (Phi) is 4.11. The van der Waals surface area contributed by atoms with E-state index in [2.05, 4.69) is 17.6 Å². The highest BCUT2D eigenvalue weighted by Gasteiger charge is 2.29. The Hall–Kier alpha value is -0.610. The number of hydrogen-bond acceptors (Lipinski definition) is 3. The molecule has 1 heterocycles. The molecule has 1 aliphatic heterocycles. The Morgan fingerprint density at radius 2 is 2.13 bits per heavy atom. The SMILES string of the molecule is COC(C)(C)C(=O)NC1CCC(C)NC1. The second-order valence-electron chi connectivity index (χ2n) is 4.77. The lowest BCUT2D eigenvalue weighted by Crippen LogP contribution is -2.53. The van der Waals surface area contributed by atoms with E-state index in [1.165, 1.54) is 0 Å². The van der Waals surface area contributed by atoms with Crippen molar-refractivity contribution in [3.05, 3.63) is 0 Å². The number of amides is 1. The van der Waals surface area contributed by atoms with Crippen molar-refractivity contribution in [1.82, 2.24) is 10.6 Å². The van der Waals surface area contributed by atoms with Crippen molar-refractivity contribution in [2.45, 2.75) is 51.3 Å². The molecule has 2 atom stereocenters. The molecule has 4 nitrogen and oxygen atoms in total. The molecule has 4 heteroatoms. The van der Waals surface area contributed by atoms with E-state index in [1.807, 2.05) is 0 Å². The lowest BCUT2D eigenvalue weighted by atomic mass is 10.0. The van der Waals surface area contributed by atoms with E-state index in [0.717, 1.165) is 19.4 Å². The van der Waals surface area contributed by atoms with Crippen LogP contribution in [0, 0.1) is 0 Å². The minimum Gasteiger partial charge on any atom is -0.369 e. The van der Waals surface area contributed by atoms with Crippen molar-refractivity contribution >= 4 is 5.91 Å². The standard InChI is InChI=1S/C11H22N2O2/c1-8-5-6-9(7-12-8)13-10(14)11(2,3)15-4/h8-9,12H,5-7H2,1-4H3,(H,13,14). The second kappa shape index (κ2) is 4.94. The molecule has 1 aliphatic rings. The van der Waals surface area contributed by atoms with Crippen molar-refractivity contribution in [2.75, 3.05) is 13.7 Å². The van der Waals surface area contributed by atoms with Crippen LogP contribution in [0.2, 0.25) is 0 Å². The predicted molar refractivity (Wildman–Crippen MR) is 59.7 cm³/mol. The van der Waals surface area contributed by atoms with Crippen LogP contribution in [0.4, 0.5) is 0 Å². The van der Waals surface area contributed by atoms with Gasteiger partial charge in [0.2, 0.25) is 0 Å². The Morgan fingerprint density at radius 3 is 2.60 bits per heavy atom. The van der Waals surface area contributed by atoms with E-state index in [0.29, 0.717) is 6.04 Å². The molecule has 0 spiro atoms. The highest BCUT2D eigenvalue weighted by molar-refractivity contribution is 5.84. The van der Waals surface area contributed by atoms with Crippen LogP contribution >= 0.6 is 0 Å². The number of ether oxygens (including phenoxy) is 1. The van der Waals surface area contributed by atoms with Crippen molar-refractivity contribution in [1.29, 1.82) is 0 Å². The second-order valence-corrected chi connectivity index (χ2v) is 4.77. The Balaban J connectivity index is 2.39. The van der Waals surface area contributed by atoms with Gasteiger partial charge >= 0.3 is 0 Å². The predicted octanol–water partition coefficient (Wildman–Crippen LogP) is 0.668. The number of carbonyl (C=O) groups is 1. The number of hydrogen-bond donors (Lipinski definition) is 2. The summed E-state index contributed by atoms with van der Waals surface area (Å²) in [6.07, 6.45) is 2.15. The first-order chi connectivity index (χ1) is 6.95. The summed E-state index contributed by atoms with van der Waals surface area (Å²) < 4.78 is 5.13. The van der Waals surface area contributed by atoms with Crippen molar-refractivity contribution in [3.8, 4) is 0 Å². The van der Waals surface area contributed by atoms with E-state index >= 15 is 0 Å². The summed E-state index contributed by atoms with van der Waals surface area (Å²) in [5.74, 6) is -0.0358. The molecule has 0 aromatic carbocycles. The molecule has 0 aromatic rings. The maximum Gasteiger partial charge on any atom is 0.251 e. The van der Waals surface area contributed by atoms with E-state index in [9.17, 15) is 4.79 Å². The number of piperidine rings is 1. The lowest BCUT2D eigenvalue weighted by molar-refractivity contribution is -0.140. The van der Waals surface area contributed by atoms with Gasteiger partial charge in [0.05, 0.1) is 0 Å². The summed E-state index contributed by atoms with van der Waals surface area (Å²) in [4.78, 5) is 11.8. The molecule has 0 radical (unpaired) electrons. The molecule has 0 aliphatic carbocycles. The first-order valence-corrected chi connectivity index (χ1v) is 5.55. The van der Waals surface area contributed by atoms with Gasteiger partial charge in [-0.1, -0.05) is 0 Å². The van der Waals surface area contributed by atoms with Gasteiger partial charge in [0.1, 0.15) is 5.60 Å². The molecule has 0 aromatic heterocycles. The molecular formula is C11H22N2O2. The van der Waals surface area contributed by atoms with Gasteiger partial charge in [0.25, 0.3) is 5.91 Å². The highest BCUT2D eigenvalue weighted by Crippen LogP contribution is 2.11. The van der Waals surface area contributed by atoms with Crippen LogP contribution < -0.4 is 10.6 Å². The van der Waals surface area contributed by atoms with Crippen molar-refractivity contribution in [3.63, 3.8) is 0 Å². The summed E-state index contributed by atoms with van der Waals surface area (Å²) in [7, 11) is 1.56. The Labute approximate surface area is 91.8 Å². The van der Waals surface area contributed by atoms with E-state index in [1.54, 1.807) is 21.0 Å². The van der Waals surface area contributed by atoms with Gasteiger partial charge < -0.3 is 15.4 Å². The van der Waals surface area contributed by atoms with Crippen LogP contribution in [-0.4, -0.2) is 37.2 Å². The molecule has 0 saturated carbocycles. The number of methoxy groups -OCH3 is 1. The summed E-state index contributed by atoms with van der Waals surface area (Å²) in [5.41, 5.74) is -0.733. The van der Waals surface area contributed by atoms with Gasteiger partial charge in [-0.15, -0.1) is 0 Å². The molecule has 15 heavy (non-hydrogen) atoms. The fourth-order valence-electron chi connectivity index (χ4n) is 1.57. The average Bonchev–Trinajstić information content (AvgIpc) is 2.21. The maximum atomic E-state index is 11.8. The zero-order chi connectivity index (χ0) is 11.5. The van der Waals surface area contributed by atoms with Crippen LogP contribution in [0.5, 0.6) is 0 Å². The minimum absolute atomic E-state index is 0.0358. The molecule has 2 unspecified atom stereocenters. The van der Waals surface area contributed by atoms with Crippen molar-refractivity contribution in [2.24, 2.45) is 0 Å². The molecule has 0 bridgehead atoms. The van der Waals surface area contributed by atoms with Gasteiger partial charge in [0, 0.05) is 25.7 Å². The third-order valence-electron chi connectivity index (χ3n) is 3.05. The lowest BCUT2D eigenvalue weighted by Gasteiger charge is -2.31. The molecule has 1 rings (SSSR count). The quantitative estimate of drug-likeness (QED) is 0.726. The van der Waals surface area contributed by atoms with E-state index in [4.69, 9.17) is 4.74 Å². The monoisotopic (exact) mass is 214 g/mol. The zero-order valence-electron chi connectivity index (χ0n) is 10.1. The van der Waals surface area contributed by atoms with Gasteiger partial charge in [0.15, 0.2) is 0 Å². The molecule has 1 fully saturated rings. The van der Waals surface area contributed by atoms with Gasteiger partial charge in [-0.2, -0.15) is 0 Å². The number of carbonyl (C=O) groups excluding carboxylic acids is 1. The number of nitrogens with one attached hydrogen (secondary N) is 2. The van der Waals surface area contributed by atoms with Crippen LogP contribution in [0.15, 0.2) is 0 Å². The van der Waals surface area contributed by atoms with Crippen LogP contribution in [0.1, 0.15) is 33.6 Å². The number of rotatable bonds is 3. The van der Waals surface area contributed by atoms with Gasteiger partial charge in [-0.3, -0.25) is 4.79 Å². The topological polar surface area (TPSA) is 50.4 Å². The fourth-order valence-corrected chi connectivity index (χ4v) is 1.57. The van der Waals surface area contributed by atoms with Crippen LogP contribution in [0.3, 0.4) is 0 Å². The first kappa shape index (κ1) is 12.5. The van der Waals surface area contributed by atoms with Gasteiger partial charge in [-0.05, 0) is 33.6 Å². The maximum absolute atomic E-state index is 11.8. The molecule has 1 amide bonds.